The Kier molecular flexibility index (Phi) is 4.31. The SMILES string of the molecule is COC(=O)Cc1cccc(-c2ccc(CO)cc2)c1. The van der Waals surface area contributed by atoms with Gasteiger partial charge in [-0.15, -0.1) is 0 Å². The molecule has 3 heteroatoms. The lowest BCUT2D eigenvalue weighted by Crippen LogP contribution is -2.04. The zero-order chi connectivity index (χ0) is 13.7. The van der Waals surface area contributed by atoms with Gasteiger partial charge in [0, 0.05) is 0 Å². The van der Waals surface area contributed by atoms with Crippen LogP contribution in [0, 0.1) is 0 Å². The second-order valence-electron chi connectivity index (χ2n) is 4.31. The molecule has 2 rings (SSSR count). The number of methoxy groups -OCH3 is 1. The Morgan fingerprint density at radius 1 is 1.05 bits per heavy atom. The van der Waals surface area contributed by atoms with Crippen LogP contribution in [-0.4, -0.2) is 18.2 Å². The van der Waals surface area contributed by atoms with Crippen LogP contribution in [0.4, 0.5) is 0 Å². The molecule has 0 radical (unpaired) electrons. The Morgan fingerprint density at radius 3 is 2.42 bits per heavy atom. The number of carbonyl (C=O) groups excluding carboxylic acids is 1. The Morgan fingerprint density at radius 2 is 1.79 bits per heavy atom. The molecule has 19 heavy (non-hydrogen) atoms. The number of ether oxygens (including phenoxy) is 1. The molecule has 0 aliphatic rings. The van der Waals surface area contributed by atoms with Crippen LogP contribution >= 0.6 is 0 Å². The normalized spacial score (nSPS) is 10.2. The van der Waals surface area contributed by atoms with E-state index in [4.69, 9.17) is 5.11 Å². The quantitative estimate of drug-likeness (QED) is 0.855. The van der Waals surface area contributed by atoms with Gasteiger partial charge in [-0.3, -0.25) is 4.79 Å². The number of benzene rings is 2. The van der Waals surface area contributed by atoms with Crippen molar-refractivity contribution in [3.63, 3.8) is 0 Å². The molecular weight excluding hydrogens is 240 g/mol. The summed E-state index contributed by atoms with van der Waals surface area (Å²) in [5.41, 5.74) is 3.92. The molecule has 0 heterocycles. The number of rotatable bonds is 4. The van der Waals surface area contributed by atoms with Gasteiger partial charge >= 0.3 is 5.97 Å². The van der Waals surface area contributed by atoms with E-state index in [1.807, 2.05) is 48.5 Å². The van der Waals surface area contributed by atoms with Gasteiger partial charge in [0.2, 0.25) is 0 Å². The molecule has 0 aromatic heterocycles. The summed E-state index contributed by atoms with van der Waals surface area (Å²) in [6.07, 6.45) is 0.277. The van der Waals surface area contributed by atoms with E-state index in [0.717, 1.165) is 22.3 Å². The summed E-state index contributed by atoms with van der Waals surface area (Å²) < 4.78 is 4.66. The van der Waals surface area contributed by atoms with Crippen LogP contribution in [-0.2, 0) is 22.6 Å². The predicted molar refractivity (Wildman–Crippen MR) is 73.5 cm³/mol. The van der Waals surface area contributed by atoms with Crippen molar-refractivity contribution in [2.24, 2.45) is 0 Å². The van der Waals surface area contributed by atoms with E-state index in [9.17, 15) is 4.79 Å². The fraction of sp³-hybridized carbons (Fsp3) is 0.188. The van der Waals surface area contributed by atoms with Gasteiger partial charge in [0.25, 0.3) is 0 Å². The first kappa shape index (κ1) is 13.3. The van der Waals surface area contributed by atoms with Crippen molar-refractivity contribution < 1.29 is 14.6 Å². The highest BCUT2D eigenvalue weighted by atomic mass is 16.5. The lowest BCUT2D eigenvalue weighted by molar-refractivity contribution is -0.139. The van der Waals surface area contributed by atoms with Crippen molar-refractivity contribution in [2.45, 2.75) is 13.0 Å². The van der Waals surface area contributed by atoms with E-state index in [1.54, 1.807) is 0 Å². The number of hydrogen-bond acceptors (Lipinski definition) is 3. The summed E-state index contributed by atoms with van der Waals surface area (Å²) in [5, 5.41) is 9.02. The number of aliphatic hydroxyl groups is 1. The van der Waals surface area contributed by atoms with Crippen LogP contribution in [0.1, 0.15) is 11.1 Å². The minimum absolute atomic E-state index is 0.0443. The lowest BCUT2D eigenvalue weighted by Gasteiger charge is -2.06. The van der Waals surface area contributed by atoms with Gasteiger partial charge in [0.1, 0.15) is 0 Å². The molecule has 2 aromatic carbocycles. The van der Waals surface area contributed by atoms with Crippen molar-refractivity contribution in [3.8, 4) is 11.1 Å². The number of carbonyl (C=O) groups is 1. The first-order valence-corrected chi connectivity index (χ1v) is 6.09. The van der Waals surface area contributed by atoms with E-state index in [-0.39, 0.29) is 19.0 Å². The second-order valence-corrected chi connectivity index (χ2v) is 4.31. The number of hydrogen-bond donors (Lipinski definition) is 1. The van der Waals surface area contributed by atoms with Crippen LogP contribution in [0.2, 0.25) is 0 Å². The van der Waals surface area contributed by atoms with E-state index in [2.05, 4.69) is 4.74 Å². The maximum Gasteiger partial charge on any atom is 0.309 e. The predicted octanol–water partition coefficient (Wildman–Crippen LogP) is 2.56. The molecule has 0 fully saturated rings. The molecule has 0 unspecified atom stereocenters. The molecule has 0 aliphatic heterocycles. The Hall–Kier alpha value is -2.13. The van der Waals surface area contributed by atoms with Crippen LogP contribution in [0.5, 0.6) is 0 Å². The molecule has 2 aromatic rings. The van der Waals surface area contributed by atoms with E-state index in [1.165, 1.54) is 7.11 Å². The molecule has 3 nitrogen and oxygen atoms in total. The summed E-state index contributed by atoms with van der Waals surface area (Å²) in [4.78, 5) is 11.3. The largest absolute Gasteiger partial charge is 0.469 e. The lowest BCUT2D eigenvalue weighted by atomic mass is 10.0. The highest BCUT2D eigenvalue weighted by Gasteiger charge is 2.04. The van der Waals surface area contributed by atoms with Gasteiger partial charge in [-0.2, -0.15) is 0 Å². The maximum absolute atomic E-state index is 11.3. The standard InChI is InChI=1S/C16H16O3/c1-19-16(18)10-13-3-2-4-15(9-13)14-7-5-12(11-17)6-8-14/h2-9,17H,10-11H2,1H3. The Bertz CT molecular complexity index is 558. The molecule has 98 valence electrons. The van der Waals surface area contributed by atoms with Gasteiger partial charge in [-0.1, -0.05) is 48.5 Å². The van der Waals surface area contributed by atoms with Gasteiger partial charge in [-0.25, -0.2) is 0 Å². The number of aliphatic hydroxyl groups excluding tert-OH is 1. The zero-order valence-electron chi connectivity index (χ0n) is 10.8. The summed E-state index contributed by atoms with van der Waals surface area (Å²) in [7, 11) is 1.39. The van der Waals surface area contributed by atoms with Crippen molar-refractivity contribution in [1.82, 2.24) is 0 Å². The molecule has 0 spiro atoms. The van der Waals surface area contributed by atoms with E-state index >= 15 is 0 Å². The van der Waals surface area contributed by atoms with Crippen LogP contribution in [0.15, 0.2) is 48.5 Å². The third-order valence-electron chi connectivity index (χ3n) is 2.97. The van der Waals surface area contributed by atoms with Crippen molar-refractivity contribution in [1.29, 1.82) is 0 Å². The fourth-order valence-corrected chi connectivity index (χ4v) is 1.90. The van der Waals surface area contributed by atoms with Crippen molar-refractivity contribution in [3.05, 3.63) is 59.7 Å². The molecule has 0 aliphatic carbocycles. The molecule has 0 saturated heterocycles. The third kappa shape index (κ3) is 3.42. The van der Waals surface area contributed by atoms with Crippen LogP contribution in [0.25, 0.3) is 11.1 Å². The molecule has 0 atom stereocenters. The third-order valence-corrected chi connectivity index (χ3v) is 2.97. The second kappa shape index (κ2) is 6.16. The Balaban J connectivity index is 2.24. The molecule has 0 bridgehead atoms. The summed E-state index contributed by atoms with van der Waals surface area (Å²) in [6, 6.07) is 15.5. The number of esters is 1. The van der Waals surface area contributed by atoms with Crippen molar-refractivity contribution in [2.75, 3.05) is 7.11 Å². The van der Waals surface area contributed by atoms with Gasteiger partial charge in [0.15, 0.2) is 0 Å². The highest BCUT2D eigenvalue weighted by Crippen LogP contribution is 2.21. The average molecular weight is 256 g/mol. The smallest absolute Gasteiger partial charge is 0.309 e. The van der Waals surface area contributed by atoms with Gasteiger partial charge < -0.3 is 9.84 Å². The summed E-state index contributed by atoms with van der Waals surface area (Å²) in [6.45, 7) is 0.0443. The molecule has 0 saturated carbocycles. The van der Waals surface area contributed by atoms with E-state index < -0.39 is 0 Å². The first-order valence-electron chi connectivity index (χ1n) is 6.09. The zero-order valence-corrected chi connectivity index (χ0v) is 10.8. The van der Waals surface area contributed by atoms with E-state index in [0.29, 0.717) is 0 Å². The Labute approximate surface area is 112 Å². The highest BCUT2D eigenvalue weighted by molar-refractivity contribution is 5.73. The van der Waals surface area contributed by atoms with Gasteiger partial charge in [-0.05, 0) is 22.3 Å². The van der Waals surface area contributed by atoms with Crippen LogP contribution in [0.3, 0.4) is 0 Å². The first-order chi connectivity index (χ1) is 9.22. The van der Waals surface area contributed by atoms with Crippen molar-refractivity contribution >= 4 is 5.97 Å². The minimum Gasteiger partial charge on any atom is -0.469 e. The molecule has 0 amide bonds. The summed E-state index contributed by atoms with van der Waals surface area (Å²) in [5.74, 6) is -0.243. The molecular formula is C16H16O3. The monoisotopic (exact) mass is 256 g/mol. The summed E-state index contributed by atoms with van der Waals surface area (Å²) >= 11 is 0. The topological polar surface area (TPSA) is 46.5 Å². The van der Waals surface area contributed by atoms with Crippen LogP contribution < -0.4 is 0 Å². The van der Waals surface area contributed by atoms with Gasteiger partial charge in [0.05, 0.1) is 20.1 Å². The average Bonchev–Trinajstić information content (AvgIpc) is 2.47. The molecule has 1 N–H and O–H groups in total. The fourth-order valence-electron chi connectivity index (χ4n) is 1.90. The maximum atomic E-state index is 11.3. The minimum atomic E-state index is -0.243.